The second-order valence-corrected chi connectivity index (χ2v) is 8.00. The molecule has 1 N–H and O–H groups in total. The first-order chi connectivity index (χ1) is 16.2. The summed E-state index contributed by atoms with van der Waals surface area (Å²) < 4.78 is 11.9. The minimum absolute atomic E-state index is 0.0591. The number of aliphatic hydroxyl groups is 1. The number of rotatable bonds is 7. The van der Waals surface area contributed by atoms with E-state index in [9.17, 15) is 14.7 Å². The third-order valence-corrected chi connectivity index (χ3v) is 5.85. The lowest BCUT2D eigenvalue weighted by atomic mass is 9.98. The third kappa shape index (κ3) is 3.90. The summed E-state index contributed by atoms with van der Waals surface area (Å²) >= 11 is 0. The zero-order chi connectivity index (χ0) is 22.8. The van der Waals surface area contributed by atoms with Crippen LogP contribution in [0.5, 0.6) is 5.75 Å². The van der Waals surface area contributed by atoms with Gasteiger partial charge in [-0.3, -0.25) is 9.59 Å². The fourth-order valence-corrected chi connectivity index (χ4v) is 4.30. The third-order valence-electron chi connectivity index (χ3n) is 5.85. The van der Waals surface area contributed by atoms with Crippen molar-refractivity contribution in [2.45, 2.75) is 19.1 Å². The van der Waals surface area contributed by atoms with Crippen molar-refractivity contribution < 1.29 is 19.1 Å². The molecule has 0 unspecified atom stereocenters. The Labute approximate surface area is 190 Å². The van der Waals surface area contributed by atoms with E-state index in [1.807, 2.05) is 54.6 Å². The molecule has 1 atom stereocenters. The molecule has 0 radical (unpaired) electrons. The van der Waals surface area contributed by atoms with Gasteiger partial charge in [0.05, 0.1) is 17.0 Å². The van der Waals surface area contributed by atoms with E-state index in [2.05, 4.69) is 0 Å². The van der Waals surface area contributed by atoms with E-state index < -0.39 is 6.04 Å². The van der Waals surface area contributed by atoms with Gasteiger partial charge in [-0.25, -0.2) is 0 Å². The summed E-state index contributed by atoms with van der Waals surface area (Å²) in [5.74, 6) is 0.365. The van der Waals surface area contributed by atoms with E-state index in [0.29, 0.717) is 41.9 Å². The molecule has 6 nitrogen and oxygen atoms in total. The molecule has 0 bridgehead atoms. The molecule has 0 fully saturated rings. The van der Waals surface area contributed by atoms with Crippen LogP contribution in [0.4, 0.5) is 0 Å². The van der Waals surface area contributed by atoms with Gasteiger partial charge >= 0.3 is 0 Å². The van der Waals surface area contributed by atoms with Crippen LogP contribution in [0.1, 0.15) is 39.7 Å². The summed E-state index contributed by atoms with van der Waals surface area (Å²) in [5.41, 5.74) is 2.30. The van der Waals surface area contributed by atoms with E-state index in [-0.39, 0.29) is 23.7 Å². The maximum Gasteiger partial charge on any atom is 0.290 e. The molecular formula is C27H23NO5. The SMILES string of the molecule is O=C1c2oc3ccccc3c(=O)c2[C@@H](c2cccc(OCc3ccccc3)c2)N1CCCO. The zero-order valence-electron chi connectivity index (χ0n) is 17.9. The lowest BCUT2D eigenvalue weighted by Gasteiger charge is -2.25. The van der Waals surface area contributed by atoms with Crippen LogP contribution in [-0.4, -0.2) is 29.1 Å². The number of hydrogen-bond acceptors (Lipinski definition) is 5. The number of carbonyl (C=O) groups excluding carboxylic acids is 1. The minimum atomic E-state index is -0.611. The first-order valence-electron chi connectivity index (χ1n) is 10.9. The molecule has 0 spiro atoms. The van der Waals surface area contributed by atoms with Gasteiger partial charge < -0.3 is 19.2 Å². The fraction of sp³-hybridized carbons (Fsp3) is 0.185. The van der Waals surface area contributed by atoms with Gasteiger partial charge in [-0.05, 0) is 41.8 Å². The number of para-hydroxylation sites is 1. The van der Waals surface area contributed by atoms with Crippen LogP contribution in [0.3, 0.4) is 0 Å². The molecular weight excluding hydrogens is 418 g/mol. The maximum atomic E-state index is 13.4. The molecule has 0 saturated heterocycles. The number of ether oxygens (including phenoxy) is 1. The number of hydrogen-bond donors (Lipinski definition) is 1. The summed E-state index contributed by atoms with van der Waals surface area (Å²) in [5, 5.41) is 9.81. The Morgan fingerprint density at radius 1 is 0.939 bits per heavy atom. The summed E-state index contributed by atoms with van der Waals surface area (Å²) in [6.07, 6.45) is 0.397. The van der Waals surface area contributed by atoms with Crippen molar-refractivity contribution >= 4 is 16.9 Å². The Balaban J connectivity index is 1.57. The summed E-state index contributed by atoms with van der Waals surface area (Å²) in [4.78, 5) is 28.3. The Hall–Kier alpha value is -3.90. The molecule has 1 aliphatic heterocycles. The predicted octanol–water partition coefficient (Wildman–Crippen LogP) is 4.30. The molecule has 6 heteroatoms. The van der Waals surface area contributed by atoms with Gasteiger partial charge in [0.1, 0.15) is 17.9 Å². The van der Waals surface area contributed by atoms with Crippen molar-refractivity contribution in [3.8, 4) is 5.75 Å². The van der Waals surface area contributed by atoms with Crippen molar-refractivity contribution in [2.24, 2.45) is 0 Å². The highest BCUT2D eigenvalue weighted by atomic mass is 16.5. The van der Waals surface area contributed by atoms with Crippen LogP contribution < -0.4 is 10.2 Å². The van der Waals surface area contributed by atoms with Gasteiger partial charge in [0, 0.05) is 13.2 Å². The van der Waals surface area contributed by atoms with Crippen LogP contribution in [0, 0.1) is 0 Å². The van der Waals surface area contributed by atoms with Gasteiger partial charge in [-0.2, -0.15) is 0 Å². The van der Waals surface area contributed by atoms with Crippen LogP contribution in [0.25, 0.3) is 11.0 Å². The molecule has 0 saturated carbocycles. The number of carbonyl (C=O) groups is 1. The van der Waals surface area contributed by atoms with Crippen LogP contribution in [-0.2, 0) is 6.61 Å². The van der Waals surface area contributed by atoms with Gasteiger partial charge in [0.15, 0.2) is 5.43 Å². The molecule has 33 heavy (non-hydrogen) atoms. The second kappa shape index (κ2) is 8.92. The van der Waals surface area contributed by atoms with Crippen molar-refractivity contribution in [3.63, 3.8) is 0 Å². The number of benzene rings is 3. The fourth-order valence-electron chi connectivity index (χ4n) is 4.30. The van der Waals surface area contributed by atoms with Crippen molar-refractivity contribution in [2.75, 3.05) is 13.2 Å². The molecule has 2 heterocycles. The highest BCUT2D eigenvalue weighted by molar-refractivity contribution is 5.99. The highest BCUT2D eigenvalue weighted by Gasteiger charge is 2.42. The summed E-state index contributed by atoms with van der Waals surface area (Å²) in [6.45, 7) is 0.650. The normalized spacial score (nSPS) is 15.1. The Morgan fingerprint density at radius 2 is 1.73 bits per heavy atom. The van der Waals surface area contributed by atoms with E-state index in [1.165, 1.54) is 0 Å². The minimum Gasteiger partial charge on any atom is -0.489 e. The first kappa shape index (κ1) is 21.0. The van der Waals surface area contributed by atoms with Crippen LogP contribution >= 0.6 is 0 Å². The van der Waals surface area contributed by atoms with Crippen molar-refractivity contribution in [3.05, 3.63) is 112 Å². The molecule has 1 amide bonds. The Bertz CT molecular complexity index is 1360. The van der Waals surface area contributed by atoms with E-state index in [1.54, 1.807) is 29.2 Å². The van der Waals surface area contributed by atoms with Gasteiger partial charge in [-0.1, -0.05) is 54.6 Å². The second-order valence-electron chi connectivity index (χ2n) is 8.00. The number of nitrogens with zero attached hydrogens (tertiary/aromatic N) is 1. The lowest BCUT2D eigenvalue weighted by molar-refractivity contribution is 0.0716. The zero-order valence-corrected chi connectivity index (χ0v) is 17.9. The molecule has 3 aromatic carbocycles. The number of amides is 1. The summed E-state index contributed by atoms with van der Waals surface area (Å²) in [7, 11) is 0. The molecule has 0 aliphatic carbocycles. The van der Waals surface area contributed by atoms with Crippen LogP contribution in [0.15, 0.2) is 88.1 Å². The number of fused-ring (bicyclic) bond motifs is 2. The van der Waals surface area contributed by atoms with E-state index >= 15 is 0 Å². The molecule has 1 aromatic heterocycles. The molecule has 5 rings (SSSR count). The Kier molecular flexibility index (Phi) is 5.67. The number of aliphatic hydroxyl groups excluding tert-OH is 1. The molecule has 166 valence electrons. The van der Waals surface area contributed by atoms with Crippen molar-refractivity contribution in [1.82, 2.24) is 4.90 Å². The maximum absolute atomic E-state index is 13.4. The van der Waals surface area contributed by atoms with E-state index in [0.717, 1.165) is 11.1 Å². The van der Waals surface area contributed by atoms with Gasteiger partial charge in [-0.15, -0.1) is 0 Å². The largest absolute Gasteiger partial charge is 0.489 e. The average Bonchev–Trinajstić information content (AvgIpc) is 3.14. The van der Waals surface area contributed by atoms with Gasteiger partial charge in [0.2, 0.25) is 5.76 Å². The molecule has 4 aromatic rings. The average molecular weight is 441 g/mol. The standard InChI is InChI=1S/C27H23NO5/c29-15-7-14-28-24(19-10-6-11-20(16-19)32-17-18-8-2-1-3-9-18)23-25(30)21-12-4-5-13-22(21)33-26(23)27(28)31/h1-6,8-13,16,24,29H,7,14-15,17H2/t24-/m1/s1. The monoisotopic (exact) mass is 441 g/mol. The quantitative estimate of drug-likeness (QED) is 0.463. The topological polar surface area (TPSA) is 80.0 Å². The van der Waals surface area contributed by atoms with Crippen LogP contribution in [0.2, 0.25) is 0 Å². The highest BCUT2D eigenvalue weighted by Crippen LogP contribution is 2.39. The van der Waals surface area contributed by atoms with Gasteiger partial charge in [0.25, 0.3) is 5.91 Å². The molecule has 1 aliphatic rings. The Morgan fingerprint density at radius 3 is 2.55 bits per heavy atom. The lowest BCUT2D eigenvalue weighted by Crippen LogP contribution is -2.31. The van der Waals surface area contributed by atoms with Crippen molar-refractivity contribution in [1.29, 1.82) is 0 Å². The predicted molar refractivity (Wildman–Crippen MR) is 124 cm³/mol. The first-order valence-corrected chi connectivity index (χ1v) is 10.9. The summed E-state index contributed by atoms with van der Waals surface area (Å²) in [6, 6.07) is 23.6. The van der Waals surface area contributed by atoms with E-state index in [4.69, 9.17) is 9.15 Å². The smallest absolute Gasteiger partial charge is 0.290 e.